The zero-order chi connectivity index (χ0) is 20.7. The number of amides is 2. The van der Waals surface area contributed by atoms with Gasteiger partial charge in [0, 0.05) is 13.1 Å². The summed E-state index contributed by atoms with van der Waals surface area (Å²) in [7, 11) is 1.25. The molecule has 1 fully saturated rings. The molecule has 7 nitrogen and oxygen atoms in total. The second kappa shape index (κ2) is 10.2. The summed E-state index contributed by atoms with van der Waals surface area (Å²) in [5.41, 5.74) is 0.896. The van der Waals surface area contributed by atoms with Crippen LogP contribution in [0.1, 0.15) is 32.3 Å². The molecular formula is C21H30N2O5. The number of ether oxygens (including phenoxy) is 1. The van der Waals surface area contributed by atoms with Crippen LogP contribution >= 0.6 is 0 Å². The topological polar surface area (TPSA) is 95.9 Å². The highest BCUT2D eigenvalue weighted by Crippen LogP contribution is 2.23. The normalized spacial score (nSPS) is 17.1. The Kier molecular flexibility index (Phi) is 7.99. The number of benzene rings is 1. The summed E-state index contributed by atoms with van der Waals surface area (Å²) in [6.07, 6.45) is 0.106. The van der Waals surface area contributed by atoms with Gasteiger partial charge >= 0.3 is 5.97 Å². The Balaban J connectivity index is 1.92. The molecule has 2 rings (SSSR count). The van der Waals surface area contributed by atoms with E-state index in [1.54, 1.807) is 4.90 Å². The lowest BCUT2D eigenvalue weighted by molar-refractivity contribution is -0.155. The lowest BCUT2D eigenvalue weighted by Crippen LogP contribution is -2.54. The van der Waals surface area contributed by atoms with E-state index in [4.69, 9.17) is 0 Å². The van der Waals surface area contributed by atoms with Crippen molar-refractivity contribution < 1.29 is 24.2 Å². The van der Waals surface area contributed by atoms with Gasteiger partial charge in [-0.05, 0) is 30.2 Å². The molecule has 1 saturated heterocycles. The largest absolute Gasteiger partial charge is 0.467 e. The van der Waals surface area contributed by atoms with Crippen molar-refractivity contribution in [2.45, 2.75) is 45.3 Å². The standard InChI is InChI=1S/C21H30N2O5/c1-14(2)18(22-17(24)13-15-7-5-4-6-8-15)20(26)23-11-9-16(10-12-23)19(25)21(27)28-3/h4-8,14,16,18-19,25H,9-13H2,1-3H3,(H,22,24)/t18-,19+/m0/s1. The van der Waals surface area contributed by atoms with Crippen LogP contribution < -0.4 is 5.32 Å². The first-order valence-corrected chi connectivity index (χ1v) is 9.71. The summed E-state index contributed by atoms with van der Waals surface area (Å²) in [4.78, 5) is 38.5. The highest BCUT2D eigenvalue weighted by molar-refractivity contribution is 5.88. The first-order chi connectivity index (χ1) is 13.3. The van der Waals surface area contributed by atoms with Crippen molar-refractivity contribution in [3.05, 3.63) is 35.9 Å². The van der Waals surface area contributed by atoms with Gasteiger partial charge in [-0.3, -0.25) is 9.59 Å². The number of aliphatic hydroxyl groups excluding tert-OH is 1. The van der Waals surface area contributed by atoms with Crippen molar-refractivity contribution in [2.75, 3.05) is 20.2 Å². The van der Waals surface area contributed by atoms with Crippen molar-refractivity contribution in [1.29, 1.82) is 0 Å². The van der Waals surface area contributed by atoms with Crippen LogP contribution in [0.15, 0.2) is 30.3 Å². The molecule has 1 aromatic rings. The average Bonchev–Trinajstić information content (AvgIpc) is 2.71. The van der Waals surface area contributed by atoms with E-state index < -0.39 is 18.1 Å². The summed E-state index contributed by atoms with van der Waals surface area (Å²) in [5, 5.41) is 12.9. The van der Waals surface area contributed by atoms with Gasteiger partial charge in [0.1, 0.15) is 6.04 Å². The SMILES string of the molecule is COC(=O)[C@H](O)C1CCN(C(=O)[C@@H](NC(=O)Cc2ccccc2)C(C)C)CC1. The fourth-order valence-corrected chi connectivity index (χ4v) is 3.46. The van der Waals surface area contributed by atoms with Crippen LogP contribution in [0.4, 0.5) is 0 Å². The minimum Gasteiger partial charge on any atom is -0.467 e. The molecule has 0 radical (unpaired) electrons. The van der Waals surface area contributed by atoms with E-state index in [1.807, 2.05) is 44.2 Å². The number of esters is 1. The highest BCUT2D eigenvalue weighted by Gasteiger charge is 2.35. The first-order valence-electron chi connectivity index (χ1n) is 9.71. The third-order valence-electron chi connectivity index (χ3n) is 5.20. The summed E-state index contributed by atoms with van der Waals surface area (Å²) in [6, 6.07) is 8.80. The van der Waals surface area contributed by atoms with Gasteiger partial charge in [0.2, 0.25) is 11.8 Å². The average molecular weight is 390 g/mol. The van der Waals surface area contributed by atoms with Crippen molar-refractivity contribution in [3.8, 4) is 0 Å². The summed E-state index contributed by atoms with van der Waals surface area (Å²) < 4.78 is 4.58. The Bertz CT molecular complexity index is 669. The number of methoxy groups -OCH3 is 1. The van der Waals surface area contributed by atoms with Crippen molar-refractivity contribution >= 4 is 17.8 Å². The fourth-order valence-electron chi connectivity index (χ4n) is 3.46. The van der Waals surface area contributed by atoms with E-state index in [2.05, 4.69) is 10.1 Å². The molecule has 2 N–H and O–H groups in total. The summed E-state index contributed by atoms with van der Waals surface area (Å²) >= 11 is 0. The molecule has 0 bridgehead atoms. The highest BCUT2D eigenvalue weighted by atomic mass is 16.5. The van der Waals surface area contributed by atoms with Gasteiger partial charge in [-0.15, -0.1) is 0 Å². The lowest BCUT2D eigenvalue weighted by Gasteiger charge is -2.36. The molecular weight excluding hydrogens is 360 g/mol. The van der Waals surface area contributed by atoms with Crippen LogP contribution in [0.2, 0.25) is 0 Å². The maximum Gasteiger partial charge on any atom is 0.334 e. The van der Waals surface area contributed by atoms with Gasteiger partial charge in [0.15, 0.2) is 6.10 Å². The maximum absolute atomic E-state index is 13.0. The van der Waals surface area contributed by atoms with E-state index in [0.717, 1.165) is 5.56 Å². The van der Waals surface area contributed by atoms with Gasteiger partial charge in [0.25, 0.3) is 0 Å². The third-order valence-corrected chi connectivity index (χ3v) is 5.20. The molecule has 0 aliphatic carbocycles. The summed E-state index contributed by atoms with van der Waals surface area (Å²) in [5.74, 6) is -1.22. The molecule has 7 heteroatoms. The van der Waals surface area contributed by atoms with Gasteiger partial charge in [-0.1, -0.05) is 44.2 Å². The zero-order valence-corrected chi connectivity index (χ0v) is 16.8. The van der Waals surface area contributed by atoms with E-state index in [-0.39, 0.29) is 30.1 Å². The number of aliphatic hydroxyl groups is 1. The number of carbonyl (C=O) groups excluding carboxylic acids is 3. The zero-order valence-electron chi connectivity index (χ0n) is 16.8. The van der Waals surface area contributed by atoms with E-state index in [1.165, 1.54) is 7.11 Å². The predicted octanol–water partition coefficient (Wildman–Crippen LogP) is 1.14. The second-order valence-electron chi connectivity index (χ2n) is 7.58. The summed E-state index contributed by atoms with van der Waals surface area (Å²) in [6.45, 7) is 4.68. The minimum atomic E-state index is -1.16. The predicted molar refractivity (Wildman–Crippen MR) is 104 cm³/mol. The molecule has 0 spiro atoms. The van der Waals surface area contributed by atoms with E-state index >= 15 is 0 Å². The Labute approximate surface area is 166 Å². The smallest absolute Gasteiger partial charge is 0.334 e. The van der Waals surface area contributed by atoms with E-state index in [9.17, 15) is 19.5 Å². The quantitative estimate of drug-likeness (QED) is 0.681. The molecule has 0 unspecified atom stereocenters. The molecule has 0 aromatic heterocycles. The van der Waals surface area contributed by atoms with Crippen LogP contribution in [0.5, 0.6) is 0 Å². The Morgan fingerprint density at radius 2 is 1.79 bits per heavy atom. The molecule has 154 valence electrons. The number of hydrogen-bond acceptors (Lipinski definition) is 5. The number of carbonyl (C=O) groups is 3. The fraction of sp³-hybridized carbons (Fsp3) is 0.571. The number of likely N-dealkylation sites (tertiary alicyclic amines) is 1. The van der Waals surface area contributed by atoms with Crippen LogP contribution in [-0.2, 0) is 25.5 Å². The van der Waals surface area contributed by atoms with Crippen LogP contribution in [0.3, 0.4) is 0 Å². The molecule has 2 atom stereocenters. The molecule has 1 aliphatic heterocycles. The molecule has 28 heavy (non-hydrogen) atoms. The maximum atomic E-state index is 13.0. The molecule has 1 aliphatic rings. The van der Waals surface area contributed by atoms with Crippen LogP contribution in [0.25, 0.3) is 0 Å². The monoisotopic (exact) mass is 390 g/mol. The van der Waals surface area contributed by atoms with Gasteiger partial charge in [0.05, 0.1) is 13.5 Å². The van der Waals surface area contributed by atoms with E-state index in [0.29, 0.717) is 25.9 Å². The van der Waals surface area contributed by atoms with Gasteiger partial charge < -0.3 is 20.1 Å². The van der Waals surface area contributed by atoms with Crippen LogP contribution in [-0.4, -0.2) is 60.1 Å². The van der Waals surface area contributed by atoms with Gasteiger partial charge in [-0.25, -0.2) is 4.79 Å². The second-order valence-corrected chi connectivity index (χ2v) is 7.58. The lowest BCUT2D eigenvalue weighted by atomic mass is 9.90. The van der Waals surface area contributed by atoms with Crippen molar-refractivity contribution in [2.24, 2.45) is 11.8 Å². The van der Waals surface area contributed by atoms with Crippen molar-refractivity contribution in [1.82, 2.24) is 10.2 Å². The third kappa shape index (κ3) is 5.79. The first kappa shape index (κ1) is 21.9. The number of rotatable bonds is 7. The number of nitrogens with zero attached hydrogens (tertiary/aromatic N) is 1. The Morgan fingerprint density at radius 3 is 2.32 bits per heavy atom. The number of nitrogens with one attached hydrogen (secondary N) is 1. The minimum absolute atomic E-state index is 0.0504. The van der Waals surface area contributed by atoms with Gasteiger partial charge in [-0.2, -0.15) is 0 Å². The Morgan fingerprint density at radius 1 is 1.18 bits per heavy atom. The van der Waals surface area contributed by atoms with Crippen molar-refractivity contribution in [3.63, 3.8) is 0 Å². The molecule has 1 aromatic carbocycles. The number of piperidine rings is 1. The Hall–Kier alpha value is -2.41. The molecule has 2 amide bonds. The van der Waals surface area contributed by atoms with Crippen LogP contribution in [0, 0.1) is 11.8 Å². The molecule has 0 saturated carbocycles. The molecule has 1 heterocycles. The number of hydrogen-bond donors (Lipinski definition) is 2.